The third kappa shape index (κ3) is 5.52. The van der Waals surface area contributed by atoms with Gasteiger partial charge in [0.25, 0.3) is 0 Å². The fourth-order valence-corrected chi connectivity index (χ4v) is 3.08. The smallest absolute Gasteiger partial charge is 0.191 e. The van der Waals surface area contributed by atoms with Crippen LogP contribution in [-0.4, -0.2) is 50.3 Å². The standard InChI is InChI=1S/C18H27N5O2S/c1-5-19-17(21-11-14-12-26-18(22-14)23(2)3)20-10-9-13-7-6-8-15(25-4)16(13)24/h6-8,12,24H,5,9-11H2,1-4H3,(H2,19,20,21). The van der Waals surface area contributed by atoms with E-state index in [4.69, 9.17) is 4.74 Å². The largest absolute Gasteiger partial charge is 0.504 e. The van der Waals surface area contributed by atoms with Gasteiger partial charge >= 0.3 is 0 Å². The van der Waals surface area contributed by atoms with Gasteiger partial charge in [-0.3, -0.25) is 0 Å². The van der Waals surface area contributed by atoms with Gasteiger partial charge in [0.05, 0.1) is 19.3 Å². The molecule has 7 nitrogen and oxygen atoms in total. The highest BCUT2D eigenvalue weighted by atomic mass is 32.1. The number of aliphatic imine (C=N–C) groups is 1. The Labute approximate surface area is 158 Å². The minimum absolute atomic E-state index is 0.192. The molecule has 0 spiro atoms. The molecule has 0 aliphatic carbocycles. The second-order valence-corrected chi connectivity index (χ2v) is 6.69. The summed E-state index contributed by atoms with van der Waals surface area (Å²) in [5.41, 5.74) is 1.78. The van der Waals surface area contributed by atoms with Crippen molar-refractivity contribution in [2.45, 2.75) is 19.9 Å². The summed E-state index contributed by atoms with van der Waals surface area (Å²) in [6.07, 6.45) is 0.662. The number of thiazole rings is 1. The van der Waals surface area contributed by atoms with Crippen molar-refractivity contribution < 1.29 is 9.84 Å². The first-order chi connectivity index (χ1) is 12.5. The van der Waals surface area contributed by atoms with E-state index in [2.05, 4.69) is 20.6 Å². The molecule has 0 amide bonds. The van der Waals surface area contributed by atoms with Crippen LogP contribution in [0.25, 0.3) is 0 Å². The maximum Gasteiger partial charge on any atom is 0.191 e. The number of nitrogens with one attached hydrogen (secondary N) is 2. The van der Waals surface area contributed by atoms with E-state index in [9.17, 15) is 5.11 Å². The lowest BCUT2D eigenvalue weighted by atomic mass is 10.1. The van der Waals surface area contributed by atoms with Gasteiger partial charge in [-0.1, -0.05) is 12.1 Å². The number of phenolic OH excluding ortho intramolecular Hbond substituents is 1. The molecule has 26 heavy (non-hydrogen) atoms. The minimum Gasteiger partial charge on any atom is -0.504 e. The summed E-state index contributed by atoms with van der Waals surface area (Å²) in [5, 5.41) is 19.7. The number of aromatic hydroxyl groups is 1. The first-order valence-electron chi connectivity index (χ1n) is 8.53. The van der Waals surface area contributed by atoms with Crippen molar-refractivity contribution in [3.05, 3.63) is 34.8 Å². The van der Waals surface area contributed by atoms with E-state index < -0.39 is 0 Å². The first kappa shape index (κ1) is 19.8. The SMILES string of the molecule is CCNC(=NCc1csc(N(C)C)n1)NCCc1cccc(OC)c1O. The zero-order valence-electron chi connectivity index (χ0n) is 15.7. The number of rotatable bonds is 8. The van der Waals surface area contributed by atoms with Crippen LogP contribution in [0.1, 0.15) is 18.2 Å². The molecule has 1 aromatic heterocycles. The molecule has 2 aromatic rings. The van der Waals surface area contributed by atoms with E-state index >= 15 is 0 Å². The number of phenols is 1. The van der Waals surface area contributed by atoms with Crippen molar-refractivity contribution in [3.63, 3.8) is 0 Å². The predicted molar refractivity (Wildman–Crippen MR) is 108 cm³/mol. The molecule has 0 bridgehead atoms. The number of hydrogen-bond donors (Lipinski definition) is 3. The van der Waals surface area contributed by atoms with Crippen LogP contribution in [0.15, 0.2) is 28.6 Å². The van der Waals surface area contributed by atoms with Crippen LogP contribution in [0.5, 0.6) is 11.5 Å². The Balaban J connectivity index is 1.93. The molecular weight excluding hydrogens is 350 g/mol. The third-order valence-corrected chi connectivity index (χ3v) is 4.71. The first-order valence-corrected chi connectivity index (χ1v) is 9.41. The van der Waals surface area contributed by atoms with Gasteiger partial charge in [0, 0.05) is 32.6 Å². The Morgan fingerprint density at radius 1 is 1.35 bits per heavy atom. The Hall–Kier alpha value is -2.48. The molecule has 1 heterocycles. The fraction of sp³-hybridized carbons (Fsp3) is 0.444. The molecule has 2 rings (SSSR count). The van der Waals surface area contributed by atoms with Crippen LogP contribution in [0.4, 0.5) is 5.13 Å². The topological polar surface area (TPSA) is 82.0 Å². The lowest BCUT2D eigenvalue weighted by molar-refractivity contribution is 0.370. The van der Waals surface area contributed by atoms with Gasteiger partial charge in [-0.25, -0.2) is 9.98 Å². The summed E-state index contributed by atoms with van der Waals surface area (Å²) >= 11 is 1.61. The van der Waals surface area contributed by atoms with E-state index in [1.807, 2.05) is 43.4 Å². The summed E-state index contributed by atoms with van der Waals surface area (Å²) in [7, 11) is 5.50. The monoisotopic (exact) mass is 377 g/mol. The van der Waals surface area contributed by atoms with Crippen molar-refractivity contribution in [2.75, 3.05) is 39.2 Å². The van der Waals surface area contributed by atoms with Gasteiger partial charge in [0.2, 0.25) is 0 Å². The quantitative estimate of drug-likeness (QED) is 0.483. The van der Waals surface area contributed by atoms with Crippen LogP contribution in [-0.2, 0) is 13.0 Å². The number of hydrogen-bond acceptors (Lipinski definition) is 6. The van der Waals surface area contributed by atoms with E-state index in [0.717, 1.165) is 28.9 Å². The molecular formula is C18H27N5O2S. The highest BCUT2D eigenvalue weighted by molar-refractivity contribution is 7.13. The zero-order chi connectivity index (χ0) is 18.9. The lowest BCUT2D eigenvalue weighted by Crippen LogP contribution is -2.38. The number of ether oxygens (including phenoxy) is 1. The lowest BCUT2D eigenvalue weighted by Gasteiger charge is -2.12. The molecule has 0 fully saturated rings. The Morgan fingerprint density at radius 3 is 2.81 bits per heavy atom. The molecule has 0 saturated heterocycles. The number of para-hydroxylation sites is 1. The van der Waals surface area contributed by atoms with Crippen LogP contribution in [0.2, 0.25) is 0 Å². The van der Waals surface area contributed by atoms with Gasteiger partial charge in [-0.05, 0) is 25.0 Å². The number of methoxy groups -OCH3 is 1. The zero-order valence-corrected chi connectivity index (χ0v) is 16.6. The van der Waals surface area contributed by atoms with E-state index in [0.29, 0.717) is 25.3 Å². The maximum absolute atomic E-state index is 10.1. The van der Waals surface area contributed by atoms with Gasteiger partial charge in [-0.2, -0.15) is 0 Å². The molecule has 1 aromatic carbocycles. The highest BCUT2D eigenvalue weighted by Gasteiger charge is 2.08. The molecule has 0 atom stereocenters. The number of aromatic nitrogens is 1. The van der Waals surface area contributed by atoms with E-state index in [1.165, 1.54) is 0 Å². The minimum atomic E-state index is 0.192. The molecule has 0 aliphatic heterocycles. The number of benzene rings is 1. The summed E-state index contributed by atoms with van der Waals surface area (Å²) in [5.74, 6) is 1.41. The van der Waals surface area contributed by atoms with E-state index in [-0.39, 0.29) is 5.75 Å². The number of guanidine groups is 1. The average molecular weight is 378 g/mol. The second kappa shape index (κ2) is 9.86. The normalized spacial score (nSPS) is 11.3. The van der Waals surface area contributed by atoms with Crippen LogP contribution >= 0.6 is 11.3 Å². The highest BCUT2D eigenvalue weighted by Crippen LogP contribution is 2.29. The Morgan fingerprint density at radius 2 is 2.15 bits per heavy atom. The molecule has 0 saturated carbocycles. The Kier molecular flexibility index (Phi) is 7.53. The summed E-state index contributed by atoms with van der Waals surface area (Å²) in [6.45, 7) is 3.96. The summed E-state index contributed by atoms with van der Waals surface area (Å²) in [4.78, 5) is 11.1. The van der Waals surface area contributed by atoms with Crippen molar-refractivity contribution in [1.29, 1.82) is 0 Å². The van der Waals surface area contributed by atoms with Crippen LogP contribution in [0, 0.1) is 0 Å². The molecule has 142 valence electrons. The third-order valence-electron chi connectivity index (χ3n) is 3.65. The van der Waals surface area contributed by atoms with Gasteiger partial charge in [0.1, 0.15) is 0 Å². The Bertz CT molecular complexity index is 730. The second-order valence-electron chi connectivity index (χ2n) is 5.86. The van der Waals surface area contributed by atoms with Gasteiger partial charge in [-0.15, -0.1) is 11.3 Å². The number of anilines is 1. The van der Waals surface area contributed by atoms with Crippen molar-refractivity contribution in [3.8, 4) is 11.5 Å². The van der Waals surface area contributed by atoms with Crippen molar-refractivity contribution >= 4 is 22.4 Å². The molecule has 0 unspecified atom stereocenters. The van der Waals surface area contributed by atoms with E-state index in [1.54, 1.807) is 24.5 Å². The summed E-state index contributed by atoms with van der Waals surface area (Å²) in [6, 6.07) is 5.51. The van der Waals surface area contributed by atoms with Crippen molar-refractivity contribution in [2.24, 2.45) is 4.99 Å². The predicted octanol–water partition coefficient (Wildman–Crippen LogP) is 2.22. The molecule has 0 aliphatic rings. The molecule has 3 N–H and O–H groups in total. The average Bonchev–Trinajstić information content (AvgIpc) is 3.10. The fourth-order valence-electron chi connectivity index (χ4n) is 2.33. The van der Waals surface area contributed by atoms with Gasteiger partial charge in [0.15, 0.2) is 22.6 Å². The summed E-state index contributed by atoms with van der Waals surface area (Å²) < 4.78 is 5.14. The van der Waals surface area contributed by atoms with Crippen LogP contribution < -0.4 is 20.3 Å². The molecule has 8 heteroatoms. The molecule has 0 radical (unpaired) electrons. The van der Waals surface area contributed by atoms with Crippen LogP contribution in [0.3, 0.4) is 0 Å². The van der Waals surface area contributed by atoms with Gasteiger partial charge < -0.3 is 25.4 Å². The number of nitrogens with zero attached hydrogens (tertiary/aromatic N) is 3. The van der Waals surface area contributed by atoms with Crippen molar-refractivity contribution in [1.82, 2.24) is 15.6 Å². The maximum atomic E-state index is 10.1.